The lowest BCUT2D eigenvalue weighted by atomic mass is 10.2. The van der Waals surface area contributed by atoms with Crippen LogP contribution >= 0.6 is 0 Å². The quantitative estimate of drug-likeness (QED) is 0.804. The van der Waals surface area contributed by atoms with Crippen LogP contribution in [-0.2, 0) is 16.4 Å². The largest absolute Gasteiger partial charge is 0.363 e. The van der Waals surface area contributed by atoms with E-state index >= 15 is 0 Å². The maximum Gasteiger partial charge on any atom is 0.272 e. The number of aromatic nitrogens is 3. The molecule has 3 heterocycles. The number of anilines is 1. The number of amides is 1. The summed E-state index contributed by atoms with van der Waals surface area (Å²) < 4.78 is 22.8. The molecule has 9 heteroatoms. The summed E-state index contributed by atoms with van der Waals surface area (Å²) in [5.41, 5.74) is 1.02. The van der Waals surface area contributed by atoms with Crippen molar-refractivity contribution in [2.45, 2.75) is 19.0 Å². The maximum atomic E-state index is 12.1. The van der Waals surface area contributed by atoms with Crippen LogP contribution in [0.25, 0.3) is 0 Å². The van der Waals surface area contributed by atoms with E-state index in [2.05, 4.69) is 25.8 Å². The van der Waals surface area contributed by atoms with Crippen LogP contribution in [0.2, 0.25) is 0 Å². The van der Waals surface area contributed by atoms with Crippen molar-refractivity contribution >= 4 is 21.6 Å². The van der Waals surface area contributed by atoms with Gasteiger partial charge in [-0.2, -0.15) is 0 Å². The number of sulfone groups is 1. The second-order valence-electron chi connectivity index (χ2n) is 5.55. The van der Waals surface area contributed by atoms with Gasteiger partial charge in [0, 0.05) is 12.2 Å². The summed E-state index contributed by atoms with van der Waals surface area (Å²) in [4.78, 5) is 16.2. The van der Waals surface area contributed by atoms with Crippen molar-refractivity contribution in [2.75, 3.05) is 16.8 Å². The van der Waals surface area contributed by atoms with Crippen molar-refractivity contribution in [1.29, 1.82) is 0 Å². The van der Waals surface area contributed by atoms with Gasteiger partial charge in [-0.25, -0.2) is 8.42 Å². The van der Waals surface area contributed by atoms with Crippen molar-refractivity contribution in [3.05, 3.63) is 47.9 Å². The molecule has 0 aliphatic carbocycles. The lowest BCUT2D eigenvalue weighted by molar-refractivity contribution is 0.0935. The summed E-state index contributed by atoms with van der Waals surface area (Å²) in [6.07, 6.45) is 2.14. The Balaban J connectivity index is 1.55. The molecule has 8 nitrogen and oxygen atoms in total. The van der Waals surface area contributed by atoms with Crippen molar-refractivity contribution in [3.63, 3.8) is 0 Å². The van der Waals surface area contributed by atoms with E-state index in [4.69, 9.17) is 0 Å². The fourth-order valence-corrected chi connectivity index (χ4v) is 4.07. The Labute approximate surface area is 139 Å². The Morgan fingerprint density at radius 1 is 1.21 bits per heavy atom. The number of nitrogens with one attached hydrogen (secondary N) is 2. The summed E-state index contributed by atoms with van der Waals surface area (Å²) in [5.74, 6) is 0.206. The van der Waals surface area contributed by atoms with Crippen LogP contribution in [0.15, 0.2) is 36.5 Å². The monoisotopic (exact) mass is 347 g/mol. The molecular weight excluding hydrogens is 330 g/mol. The molecule has 1 amide bonds. The van der Waals surface area contributed by atoms with Crippen LogP contribution in [0.5, 0.6) is 0 Å². The third-order valence-corrected chi connectivity index (χ3v) is 5.41. The first-order chi connectivity index (χ1) is 11.5. The van der Waals surface area contributed by atoms with Gasteiger partial charge in [0.05, 0.1) is 23.7 Å². The second-order valence-corrected chi connectivity index (χ2v) is 7.78. The van der Waals surface area contributed by atoms with E-state index in [1.54, 1.807) is 18.3 Å². The lowest BCUT2D eigenvalue weighted by Crippen LogP contribution is -2.36. The Morgan fingerprint density at radius 3 is 2.71 bits per heavy atom. The van der Waals surface area contributed by atoms with Gasteiger partial charge in [0.2, 0.25) is 0 Å². The standard InChI is InChI=1S/C15H17N5O3S/c21-15(18-12-6-8-24(22,23)10-12)13-4-5-14(20-19-13)17-9-11-3-1-2-7-16-11/h1-5,7,12H,6,8-10H2,(H,17,20)(H,18,21). The lowest BCUT2D eigenvalue weighted by Gasteiger charge is -2.10. The van der Waals surface area contributed by atoms with Crippen LogP contribution in [0, 0.1) is 0 Å². The van der Waals surface area contributed by atoms with E-state index in [-0.39, 0.29) is 23.2 Å². The summed E-state index contributed by atoms with van der Waals surface area (Å²) in [7, 11) is -3.03. The van der Waals surface area contributed by atoms with Crippen molar-refractivity contribution in [2.24, 2.45) is 0 Å². The molecule has 2 aromatic rings. The molecular formula is C15H17N5O3S. The molecule has 0 saturated carbocycles. The highest BCUT2D eigenvalue weighted by Gasteiger charge is 2.29. The van der Waals surface area contributed by atoms with Gasteiger partial charge < -0.3 is 10.6 Å². The zero-order valence-electron chi connectivity index (χ0n) is 12.8. The predicted octanol–water partition coefficient (Wildman–Crippen LogP) is 0.401. The van der Waals surface area contributed by atoms with E-state index in [0.29, 0.717) is 18.8 Å². The van der Waals surface area contributed by atoms with E-state index < -0.39 is 15.7 Å². The first-order valence-corrected chi connectivity index (χ1v) is 9.33. The molecule has 1 unspecified atom stereocenters. The number of pyridine rings is 1. The minimum Gasteiger partial charge on any atom is -0.363 e. The van der Waals surface area contributed by atoms with Crippen LogP contribution in [0.1, 0.15) is 22.6 Å². The second kappa shape index (κ2) is 6.91. The van der Waals surface area contributed by atoms with Gasteiger partial charge in [-0.3, -0.25) is 9.78 Å². The molecule has 24 heavy (non-hydrogen) atoms. The summed E-state index contributed by atoms with van der Waals surface area (Å²) >= 11 is 0. The SMILES string of the molecule is O=C(NC1CCS(=O)(=O)C1)c1ccc(NCc2ccccn2)nn1. The van der Waals surface area contributed by atoms with Gasteiger partial charge >= 0.3 is 0 Å². The Morgan fingerprint density at radius 2 is 2.08 bits per heavy atom. The van der Waals surface area contributed by atoms with Crippen LogP contribution in [-0.4, -0.2) is 47.1 Å². The van der Waals surface area contributed by atoms with E-state index in [1.807, 2.05) is 18.2 Å². The number of hydrogen-bond acceptors (Lipinski definition) is 7. The smallest absolute Gasteiger partial charge is 0.272 e. The van der Waals surface area contributed by atoms with Crippen LogP contribution in [0.4, 0.5) is 5.82 Å². The minimum absolute atomic E-state index is 0.0180. The molecule has 0 spiro atoms. The summed E-state index contributed by atoms with van der Waals surface area (Å²) in [5, 5.41) is 13.6. The Hall–Kier alpha value is -2.55. The number of rotatable bonds is 5. The predicted molar refractivity (Wildman–Crippen MR) is 88.1 cm³/mol. The molecule has 0 bridgehead atoms. The average Bonchev–Trinajstić information content (AvgIpc) is 2.93. The van der Waals surface area contributed by atoms with Gasteiger partial charge in [-0.05, 0) is 30.7 Å². The van der Waals surface area contributed by atoms with E-state index in [9.17, 15) is 13.2 Å². The first-order valence-electron chi connectivity index (χ1n) is 7.51. The average molecular weight is 347 g/mol. The van der Waals surface area contributed by atoms with Crippen LogP contribution < -0.4 is 10.6 Å². The molecule has 126 valence electrons. The van der Waals surface area contributed by atoms with Crippen molar-refractivity contribution in [3.8, 4) is 0 Å². The van der Waals surface area contributed by atoms with Gasteiger partial charge in [0.1, 0.15) is 5.82 Å². The fourth-order valence-electron chi connectivity index (χ4n) is 2.40. The number of nitrogens with zero attached hydrogens (tertiary/aromatic N) is 3. The summed E-state index contributed by atoms with van der Waals surface area (Å²) in [6.45, 7) is 0.501. The third-order valence-electron chi connectivity index (χ3n) is 3.64. The number of carbonyl (C=O) groups is 1. The topological polar surface area (TPSA) is 114 Å². The molecule has 1 atom stereocenters. The van der Waals surface area contributed by atoms with E-state index in [1.165, 1.54) is 0 Å². The van der Waals surface area contributed by atoms with Crippen molar-refractivity contribution < 1.29 is 13.2 Å². The number of hydrogen-bond donors (Lipinski definition) is 2. The highest BCUT2D eigenvalue weighted by Crippen LogP contribution is 2.12. The molecule has 1 aliphatic heterocycles. The molecule has 1 saturated heterocycles. The van der Waals surface area contributed by atoms with Gasteiger partial charge in [-0.1, -0.05) is 6.07 Å². The molecule has 1 aliphatic rings. The van der Waals surface area contributed by atoms with Crippen LogP contribution in [0.3, 0.4) is 0 Å². The highest BCUT2D eigenvalue weighted by molar-refractivity contribution is 7.91. The molecule has 0 radical (unpaired) electrons. The Bertz CT molecular complexity index is 809. The molecule has 0 aromatic carbocycles. The van der Waals surface area contributed by atoms with Crippen molar-refractivity contribution in [1.82, 2.24) is 20.5 Å². The number of carbonyl (C=O) groups excluding carboxylic acids is 1. The first kappa shape index (κ1) is 16.3. The third kappa shape index (κ3) is 4.25. The fraction of sp³-hybridized carbons (Fsp3) is 0.333. The maximum absolute atomic E-state index is 12.1. The zero-order chi connectivity index (χ0) is 17.0. The minimum atomic E-state index is -3.03. The van der Waals surface area contributed by atoms with Gasteiger partial charge in [0.25, 0.3) is 5.91 Å². The highest BCUT2D eigenvalue weighted by atomic mass is 32.2. The normalized spacial score (nSPS) is 18.9. The van der Waals surface area contributed by atoms with E-state index in [0.717, 1.165) is 5.69 Å². The zero-order valence-corrected chi connectivity index (χ0v) is 13.7. The van der Waals surface area contributed by atoms with Gasteiger partial charge in [-0.15, -0.1) is 10.2 Å². The van der Waals surface area contributed by atoms with Gasteiger partial charge in [0.15, 0.2) is 15.5 Å². The molecule has 2 N–H and O–H groups in total. The molecule has 3 rings (SSSR count). The summed E-state index contributed by atoms with van der Waals surface area (Å²) in [6, 6.07) is 8.46. The molecule has 2 aromatic heterocycles. The molecule has 1 fully saturated rings. The Kier molecular flexibility index (Phi) is 4.70.